The predicted molar refractivity (Wildman–Crippen MR) is 67.1 cm³/mol. The van der Waals surface area contributed by atoms with Gasteiger partial charge in [-0.05, 0) is 31.9 Å². The highest BCUT2D eigenvalue weighted by Crippen LogP contribution is 2.12. The molecule has 0 aliphatic carbocycles. The zero-order valence-electron chi connectivity index (χ0n) is 10.2. The summed E-state index contributed by atoms with van der Waals surface area (Å²) < 4.78 is 0. The molecule has 1 rings (SSSR count). The number of nitrogens with one attached hydrogen (secondary N) is 1. The van der Waals surface area contributed by atoms with E-state index in [1.54, 1.807) is 0 Å². The lowest BCUT2D eigenvalue weighted by Gasteiger charge is -2.24. The lowest BCUT2D eigenvalue weighted by atomic mass is 10.0. The molecule has 1 aromatic carbocycles. The third-order valence-corrected chi connectivity index (χ3v) is 2.77. The second-order valence-electron chi connectivity index (χ2n) is 4.66. The smallest absolute Gasteiger partial charge is 0.224 e. The lowest BCUT2D eigenvalue weighted by Crippen LogP contribution is -2.43. The minimum Gasteiger partial charge on any atom is -0.398 e. The van der Waals surface area contributed by atoms with Crippen molar-refractivity contribution in [3.63, 3.8) is 0 Å². The molecule has 0 aliphatic heterocycles. The fourth-order valence-electron chi connectivity index (χ4n) is 1.38. The molecule has 0 unspecified atom stereocenters. The Hall–Kier alpha value is -1.51. The summed E-state index contributed by atoms with van der Waals surface area (Å²) >= 11 is 0. The van der Waals surface area contributed by atoms with E-state index in [-0.39, 0.29) is 11.4 Å². The van der Waals surface area contributed by atoms with Gasteiger partial charge in [0.15, 0.2) is 0 Å². The molecule has 0 bridgehead atoms. The number of nitrogens with two attached hydrogens (primary N) is 1. The first kappa shape index (κ1) is 12.6. The number of anilines is 1. The van der Waals surface area contributed by atoms with Gasteiger partial charge < -0.3 is 11.1 Å². The topological polar surface area (TPSA) is 55.1 Å². The Kier molecular flexibility index (Phi) is 3.93. The highest BCUT2D eigenvalue weighted by molar-refractivity contribution is 5.80. The van der Waals surface area contributed by atoms with Crippen molar-refractivity contribution in [1.29, 1.82) is 0 Å². The number of carbonyl (C=O) groups excluding carboxylic acids is 1. The Balaban J connectivity index is 2.62. The van der Waals surface area contributed by atoms with Crippen molar-refractivity contribution in [2.75, 3.05) is 5.73 Å². The number of hydrogen-bond donors (Lipinski definition) is 2. The summed E-state index contributed by atoms with van der Waals surface area (Å²) in [6.45, 7) is 6.08. The molecule has 1 amide bonds. The molecule has 0 saturated heterocycles. The van der Waals surface area contributed by atoms with Crippen molar-refractivity contribution in [1.82, 2.24) is 5.32 Å². The van der Waals surface area contributed by atoms with E-state index in [0.29, 0.717) is 12.1 Å². The van der Waals surface area contributed by atoms with Crippen molar-refractivity contribution >= 4 is 11.6 Å². The van der Waals surface area contributed by atoms with Gasteiger partial charge in [0.05, 0.1) is 6.42 Å². The molecule has 0 fully saturated rings. The summed E-state index contributed by atoms with van der Waals surface area (Å²) in [5, 5.41) is 2.99. The molecule has 16 heavy (non-hydrogen) atoms. The van der Waals surface area contributed by atoms with Crippen LogP contribution in [0.1, 0.15) is 32.8 Å². The maximum absolute atomic E-state index is 11.8. The van der Waals surface area contributed by atoms with Gasteiger partial charge in [0, 0.05) is 11.2 Å². The molecule has 88 valence electrons. The molecular formula is C13H20N2O. The van der Waals surface area contributed by atoms with Crippen molar-refractivity contribution in [2.24, 2.45) is 0 Å². The van der Waals surface area contributed by atoms with Gasteiger partial charge in [-0.15, -0.1) is 0 Å². The van der Waals surface area contributed by atoms with Crippen LogP contribution in [0.4, 0.5) is 5.69 Å². The van der Waals surface area contributed by atoms with Gasteiger partial charge in [-0.3, -0.25) is 4.79 Å². The van der Waals surface area contributed by atoms with Crippen LogP contribution in [0, 0.1) is 0 Å². The van der Waals surface area contributed by atoms with Crippen LogP contribution in [-0.4, -0.2) is 11.4 Å². The molecule has 0 heterocycles. The van der Waals surface area contributed by atoms with E-state index >= 15 is 0 Å². The Labute approximate surface area is 97.0 Å². The highest BCUT2D eigenvalue weighted by atomic mass is 16.1. The van der Waals surface area contributed by atoms with Crippen molar-refractivity contribution in [3.05, 3.63) is 29.8 Å². The van der Waals surface area contributed by atoms with Gasteiger partial charge in [-0.25, -0.2) is 0 Å². The summed E-state index contributed by atoms with van der Waals surface area (Å²) in [6.07, 6.45) is 1.25. The highest BCUT2D eigenvalue weighted by Gasteiger charge is 2.18. The maximum Gasteiger partial charge on any atom is 0.224 e. The van der Waals surface area contributed by atoms with Gasteiger partial charge in [-0.1, -0.05) is 25.1 Å². The number of nitrogen functional groups attached to an aromatic ring is 1. The third-order valence-electron chi connectivity index (χ3n) is 2.77. The van der Waals surface area contributed by atoms with Crippen LogP contribution in [0.2, 0.25) is 0 Å². The van der Waals surface area contributed by atoms with Gasteiger partial charge in [-0.2, -0.15) is 0 Å². The van der Waals surface area contributed by atoms with Gasteiger partial charge >= 0.3 is 0 Å². The van der Waals surface area contributed by atoms with Crippen molar-refractivity contribution in [2.45, 2.75) is 39.2 Å². The van der Waals surface area contributed by atoms with E-state index in [0.717, 1.165) is 12.0 Å². The number of carbonyl (C=O) groups is 1. The molecule has 0 spiro atoms. The van der Waals surface area contributed by atoms with E-state index in [1.165, 1.54) is 0 Å². The normalized spacial score (nSPS) is 11.2. The minimum absolute atomic E-state index is 0.0183. The van der Waals surface area contributed by atoms with Crippen LogP contribution < -0.4 is 11.1 Å². The molecule has 0 aromatic heterocycles. The Morgan fingerprint density at radius 1 is 1.38 bits per heavy atom. The molecular weight excluding hydrogens is 200 g/mol. The molecule has 1 aromatic rings. The Bertz CT molecular complexity index is 372. The summed E-state index contributed by atoms with van der Waals surface area (Å²) in [5.74, 6) is 0.0183. The van der Waals surface area contributed by atoms with E-state index in [9.17, 15) is 4.79 Å². The van der Waals surface area contributed by atoms with E-state index in [1.807, 2.05) is 38.1 Å². The quantitative estimate of drug-likeness (QED) is 0.764. The Morgan fingerprint density at radius 3 is 2.56 bits per heavy atom. The molecule has 0 saturated carbocycles. The molecule has 3 N–H and O–H groups in total. The average molecular weight is 220 g/mol. The SMILES string of the molecule is CCC(C)(C)NC(=O)Cc1ccccc1N. The van der Waals surface area contributed by atoms with Crippen LogP contribution in [0.5, 0.6) is 0 Å². The molecule has 0 atom stereocenters. The van der Waals surface area contributed by atoms with E-state index in [4.69, 9.17) is 5.73 Å². The predicted octanol–water partition coefficient (Wildman–Crippen LogP) is 2.12. The molecule has 3 nitrogen and oxygen atoms in total. The number of amides is 1. The van der Waals surface area contributed by atoms with Crippen LogP contribution in [0.15, 0.2) is 24.3 Å². The first-order valence-electron chi connectivity index (χ1n) is 5.59. The summed E-state index contributed by atoms with van der Waals surface area (Å²) in [6, 6.07) is 7.46. The van der Waals surface area contributed by atoms with Crippen molar-refractivity contribution in [3.8, 4) is 0 Å². The maximum atomic E-state index is 11.8. The fourth-order valence-corrected chi connectivity index (χ4v) is 1.38. The first-order chi connectivity index (χ1) is 7.44. The lowest BCUT2D eigenvalue weighted by molar-refractivity contribution is -0.122. The first-order valence-corrected chi connectivity index (χ1v) is 5.59. The fraction of sp³-hybridized carbons (Fsp3) is 0.462. The second kappa shape index (κ2) is 5.01. The molecule has 3 heteroatoms. The number of para-hydroxylation sites is 1. The minimum atomic E-state index is -0.152. The Morgan fingerprint density at radius 2 is 2.00 bits per heavy atom. The summed E-state index contributed by atoms with van der Waals surface area (Å²) in [7, 11) is 0. The van der Waals surface area contributed by atoms with Gasteiger partial charge in [0.2, 0.25) is 5.91 Å². The summed E-state index contributed by atoms with van der Waals surface area (Å²) in [4.78, 5) is 11.8. The van der Waals surface area contributed by atoms with Gasteiger partial charge in [0.25, 0.3) is 0 Å². The molecule has 0 radical (unpaired) electrons. The standard InChI is InChI=1S/C13H20N2O/c1-4-13(2,3)15-12(16)9-10-7-5-6-8-11(10)14/h5-8H,4,9,14H2,1-3H3,(H,15,16). The average Bonchev–Trinajstić information content (AvgIpc) is 2.21. The van der Waals surface area contributed by atoms with Crippen LogP contribution in [0.25, 0.3) is 0 Å². The number of benzene rings is 1. The van der Waals surface area contributed by atoms with Gasteiger partial charge in [0.1, 0.15) is 0 Å². The largest absolute Gasteiger partial charge is 0.398 e. The zero-order chi connectivity index (χ0) is 12.2. The van der Waals surface area contributed by atoms with E-state index in [2.05, 4.69) is 12.2 Å². The molecule has 0 aliphatic rings. The second-order valence-corrected chi connectivity index (χ2v) is 4.66. The summed E-state index contributed by atoms with van der Waals surface area (Å²) in [5.41, 5.74) is 7.19. The monoisotopic (exact) mass is 220 g/mol. The third kappa shape index (κ3) is 3.57. The van der Waals surface area contributed by atoms with Crippen LogP contribution in [-0.2, 0) is 11.2 Å². The zero-order valence-corrected chi connectivity index (χ0v) is 10.2. The number of hydrogen-bond acceptors (Lipinski definition) is 2. The van der Waals surface area contributed by atoms with Crippen molar-refractivity contribution < 1.29 is 4.79 Å². The number of rotatable bonds is 4. The van der Waals surface area contributed by atoms with Crippen LogP contribution >= 0.6 is 0 Å². The van der Waals surface area contributed by atoms with E-state index < -0.39 is 0 Å². The van der Waals surface area contributed by atoms with Crippen LogP contribution in [0.3, 0.4) is 0 Å².